The summed E-state index contributed by atoms with van der Waals surface area (Å²) < 4.78 is 32.5. The van der Waals surface area contributed by atoms with Crippen LogP contribution in [-0.4, -0.2) is 65.7 Å². The molecule has 0 radical (unpaired) electrons. The number of carbonyl (C=O) groups is 2. The molecule has 11 heteroatoms. The van der Waals surface area contributed by atoms with Gasteiger partial charge in [-0.3, -0.25) is 18.6 Å². The number of rotatable bonds is 37. The minimum absolute atomic E-state index is 0.0890. The van der Waals surface area contributed by atoms with Crippen molar-refractivity contribution in [1.82, 2.24) is 0 Å². The molecule has 0 fully saturated rings. The first-order valence-electron chi connectivity index (χ1n) is 20.8. The standard InChI is InChI=1S/C46H73O10P/c1-3-5-7-9-11-13-15-17-19-21-23-25-27-29-31-33-35-37-45(49)53-41-44(42-55-57(51,52)54-40-43(48)39-47)56-46(50)38-36-34-32-30-28-26-24-22-20-18-16-14-12-10-8-6-4-2/h5,7,11-14,17-20,23-26,29-32,43-44,47-48H,3-4,6,8-10,15-16,21-22,27-28,33-42H2,1-2H3,(H,51,52)/b7-5-,13-11-,14-12-,19-17-,20-18-,25-23-,26-24-,31-29-,32-30-/t43-,44+/m0/s1. The van der Waals surface area contributed by atoms with Crippen molar-refractivity contribution in [2.75, 3.05) is 26.4 Å². The average molecular weight is 817 g/mol. The third-order valence-electron chi connectivity index (χ3n) is 7.91. The van der Waals surface area contributed by atoms with E-state index in [1.165, 1.54) is 19.3 Å². The number of phosphoric acid groups is 1. The molecule has 0 rings (SSSR count). The van der Waals surface area contributed by atoms with Gasteiger partial charge in [0.2, 0.25) is 0 Å². The van der Waals surface area contributed by atoms with Crippen LogP contribution in [0.2, 0.25) is 0 Å². The van der Waals surface area contributed by atoms with Gasteiger partial charge in [0.25, 0.3) is 0 Å². The molecule has 0 aliphatic heterocycles. The number of phosphoric ester groups is 1. The molecule has 10 nitrogen and oxygen atoms in total. The first kappa shape index (κ1) is 53.6. The molecule has 0 aliphatic carbocycles. The number of aliphatic hydroxyl groups excluding tert-OH is 2. The van der Waals surface area contributed by atoms with Crippen LogP contribution in [0, 0.1) is 0 Å². The van der Waals surface area contributed by atoms with Crippen LogP contribution in [0.5, 0.6) is 0 Å². The summed E-state index contributed by atoms with van der Waals surface area (Å²) in [5.41, 5.74) is 0. The molecule has 0 aromatic carbocycles. The van der Waals surface area contributed by atoms with Crippen LogP contribution in [0.3, 0.4) is 0 Å². The zero-order chi connectivity index (χ0) is 41.9. The van der Waals surface area contributed by atoms with Gasteiger partial charge in [0.15, 0.2) is 6.10 Å². The SMILES string of the molecule is CC/C=C\C/C=C\C/C=C\C/C=C\C/C=C\CCCC(=O)OC[C@H](COP(=O)(O)OC[C@@H](O)CO)OC(=O)CCC/C=C\C/C=C\C/C=C\C/C=C\CCCCC. The van der Waals surface area contributed by atoms with E-state index in [-0.39, 0.29) is 19.4 Å². The molecule has 322 valence electrons. The number of hydrogen-bond acceptors (Lipinski definition) is 9. The first-order valence-corrected chi connectivity index (χ1v) is 22.3. The predicted molar refractivity (Wildman–Crippen MR) is 232 cm³/mol. The highest BCUT2D eigenvalue weighted by Crippen LogP contribution is 2.43. The number of ether oxygens (including phenoxy) is 2. The van der Waals surface area contributed by atoms with E-state index in [0.29, 0.717) is 25.7 Å². The topological polar surface area (TPSA) is 149 Å². The Labute approximate surface area is 344 Å². The molecule has 0 heterocycles. The largest absolute Gasteiger partial charge is 0.472 e. The second kappa shape index (κ2) is 40.8. The molecular weight excluding hydrogens is 743 g/mol. The first-order chi connectivity index (χ1) is 27.7. The molecule has 0 aromatic rings. The van der Waals surface area contributed by atoms with Crippen LogP contribution >= 0.6 is 7.82 Å². The lowest BCUT2D eigenvalue weighted by Crippen LogP contribution is -2.29. The molecular formula is C46H73O10P. The maximum Gasteiger partial charge on any atom is 0.472 e. The van der Waals surface area contributed by atoms with Crippen molar-refractivity contribution < 1.29 is 47.8 Å². The zero-order valence-electron chi connectivity index (χ0n) is 34.7. The van der Waals surface area contributed by atoms with Gasteiger partial charge in [0, 0.05) is 12.8 Å². The van der Waals surface area contributed by atoms with Crippen molar-refractivity contribution in [3.8, 4) is 0 Å². The number of carbonyl (C=O) groups excluding carboxylic acids is 2. The smallest absolute Gasteiger partial charge is 0.462 e. The fourth-order valence-corrected chi connectivity index (χ4v) is 5.51. The Balaban J connectivity index is 4.54. The average Bonchev–Trinajstić information content (AvgIpc) is 3.20. The Bertz CT molecular complexity index is 1310. The molecule has 57 heavy (non-hydrogen) atoms. The van der Waals surface area contributed by atoms with Crippen molar-refractivity contribution >= 4 is 19.8 Å². The van der Waals surface area contributed by atoms with Gasteiger partial charge >= 0.3 is 19.8 Å². The monoisotopic (exact) mass is 816 g/mol. The van der Waals surface area contributed by atoms with Crippen molar-refractivity contribution in [2.24, 2.45) is 0 Å². The van der Waals surface area contributed by atoms with E-state index in [4.69, 9.17) is 19.1 Å². The highest BCUT2D eigenvalue weighted by Gasteiger charge is 2.27. The second-order valence-corrected chi connectivity index (χ2v) is 14.7. The van der Waals surface area contributed by atoms with E-state index >= 15 is 0 Å². The van der Waals surface area contributed by atoms with Crippen molar-refractivity contribution in [3.05, 3.63) is 109 Å². The summed E-state index contributed by atoms with van der Waals surface area (Å²) in [6.45, 7) is 2.07. The van der Waals surface area contributed by atoms with E-state index in [1.807, 2.05) is 24.3 Å². The van der Waals surface area contributed by atoms with Crippen molar-refractivity contribution in [1.29, 1.82) is 0 Å². The molecule has 0 aliphatic rings. The fraction of sp³-hybridized carbons (Fsp3) is 0.565. The Morgan fingerprint density at radius 2 is 0.947 bits per heavy atom. The molecule has 0 bridgehead atoms. The normalized spacial score (nSPS) is 15.0. The summed E-state index contributed by atoms with van der Waals surface area (Å²) in [5.74, 6) is -1.07. The number of allylic oxidation sites excluding steroid dienone is 18. The second-order valence-electron chi connectivity index (χ2n) is 13.3. The molecule has 3 atom stereocenters. The van der Waals surface area contributed by atoms with Crippen molar-refractivity contribution in [2.45, 2.75) is 142 Å². The van der Waals surface area contributed by atoms with Crippen LogP contribution in [0.1, 0.15) is 129 Å². The summed E-state index contributed by atoms with van der Waals surface area (Å²) in [6, 6.07) is 0. The minimum Gasteiger partial charge on any atom is -0.462 e. The Morgan fingerprint density at radius 1 is 0.544 bits per heavy atom. The molecule has 1 unspecified atom stereocenters. The molecule has 0 spiro atoms. The van der Waals surface area contributed by atoms with E-state index in [0.717, 1.165) is 57.8 Å². The Kier molecular flexibility index (Phi) is 38.4. The van der Waals surface area contributed by atoms with Gasteiger partial charge in [-0.25, -0.2) is 4.57 Å². The van der Waals surface area contributed by atoms with E-state index in [2.05, 4.69) is 103 Å². The highest BCUT2D eigenvalue weighted by atomic mass is 31.2. The van der Waals surface area contributed by atoms with Crippen LogP contribution in [0.25, 0.3) is 0 Å². The minimum atomic E-state index is -4.65. The van der Waals surface area contributed by atoms with Crippen molar-refractivity contribution in [3.63, 3.8) is 0 Å². The third kappa shape index (κ3) is 40.6. The highest BCUT2D eigenvalue weighted by molar-refractivity contribution is 7.47. The van der Waals surface area contributed by atoms with Crippen LogP contribution < -0.4 is 0 Å². The summed E-state index contributed by atoms with van der Waals surface area (Å²) >= 11 is 0. The van der Waals surface area contributed by atoms with E-state index < -0.39 is 51.8 Å². The van der Waals surface area contributed by atoms with E-state index in [9.17, 15) is 24.2 Å². The lowest BCUT2D eigenvalue weighted by Gasteiger charge is -2.20. The number of aliphatic hydroxyl groups is 2. The molecule has 0 saturated heterocycles. The molecule has 0 saturated carbocycles. The van der Waals surface area contributed by atoms with Gasteiger partial charge in [-0.15, -0.1) is 0 Å². The van der Waals surface area contributed by atoms with Gasteiger partial charge in [-0.1, -0.05) is 136 Å². The Hall–Kier alpha value is -3.37. The Morgan fingerprint density at radius 3 is 1.39 bits per heavy atom. The molecule has 0 amide bonds. The maximum atomic E-state index is 12.6. The quantitative estimate of drug-likeness (QED) is 0.0239. The summed E-state index contributed by atoms with van der Waals surface area (Å²) in [6.07, 6.45) is 50.7. The van der Waals surface area contributed by atoms with E-state index in [1.54, 1.807) is 0 Å². The molecule has 3 N–H and O–H groups in total. The third-order valence-corrected chi connectivity index (χ3v) is 8.86. The van der Waals surface area contributed by atoms with Gasteiger partial charge in [0.1, 0.15) is 12.7 Å². The number of hydrogen-bond donors (Lipinski definition) is 3. The lowest BCUT2D eigenvalue weighted by atomic mass is 10.2. The van der Waals surface area contributed by atoms with Gasteiger partial charge in [-0.05, 0) is 89.9 Å². The molecule has 0 aromatic heterocycles. The number of unbranched alkanes of at least 4 members (excludes halogenated alkanes) is 5. The summed E-state index contributed by atoms with van der Waals surface area (Å²) in [4.78, 5) is 34.9. The van der Waals surface area contributed by atoms with Gasteiger partial charge in [-0.2, -0.15) is 0 Å². The maximum absolute atomic E-state index is 12.6. The lowest BCUT2D eigenvalue weighted by molar-refractivity contribution is -0.161. The zero-order valence-corrected chi connectivity index (χ0v) is 35.6. The van der Waals surface area contributed by atoms with Gasteiger partial charge in [0.05, 0.1) is 19.8 Å². The fourth-order valence-electron chi connectivity index (χ4n) is 4.72. The summed E-state index contributed by atoms with van der Waals surface area (Å²) in [5, 5.41) is 18.3. The number of esters is 2. The van der Waals surface area contributed by atoms with Crippen LogP contribution in [-0.2, 0) is 32.7 Å². The van der Waals surface area contributed by atoms with Gasteiger partial charge < -0.3 is 24.6 Å². The van der Waals surface area contributed by atoms with Crippen LogP contribution in [0.4, 0.5) is 0 Å². The van der Waals surface area contributed by atoms with Crippen LogP contribution in [0.15, 0.2) is 109 Å². The summed E-state index contributed by atoms with van der Waals surface area (Å²) in [7, 11) is -4.65. The predicted octanol–water partition coefficient (Wildman–Crippen LogP) is 11.0.